The Morgan fingerprint density at radius 1 is 0.764 bits per heavy atom. The Hall–Kier alpha value is -4.09. The van der Waals surface area contributed by atoms with E-state index in [1.807, 2.05) is 0 Å². The van der Waals surface area contributed by atoms with Crippen molar-refractivity contribution < 1.29 is 92.6 Å². The Morgan fingerprint density at radius 3 is 2.16 bits per heavy atom. The lowest BCUT2D eigenvalue weighted by atomic mass is 9.89. The number of aliphatic hydroxyl groups excluding tert-OH is 5. The van der Waals surface area contributed by atoms with Gasteiger partial charge in [0.2, 0.25) is 13.1 Å². The minimum absolute atomic E-state index is 0.0364. The fraction of sp³-hybridized carbons (Fsp3) is 0.528. The molecule has 3 aromatic carbocycles. The van der Waals surface area contributed by atoms with Gasteiger partial charge in [0.05, 0.1) is 52.8 Å². The van der Waals surface area contributed by atoms with Gasteiger partial charge in [0.25, 0.3) is 0 Å². The third-order valence-corrected chi connectivity index (χ3v) is 10.5. The Kier molecular flexibility index (Phi) is 9.93. The number of carbonyl (C=O) groups is 1. The molecule has 0 spiro atoms. The van der Waals surface area contributed by atoms with Crippen LogP contribution in [0.2, 0.25) is 0 Å². The van der Waals surface area contributed by atoms with Crippen molar-refractivity contribution in [1.29, 1.82) is 0 Å². The molecule has 3 fully saturated rings. The molecule has 0 aliphatic carbocycles. The molecular weight excluding hydrogens is 736 g/mol. The highest BCUT2D eigenvalue weighted by Crippen LogP contribution is 2.50. The standard InChI is InChI=1S/C36H40O19/c1-45-20-6-16-17(7-21(20)46-2)28(18-8-47-31(42)25(18)24(16)15-3-4-19-22(5-15)52-14-51-19)54-34-30(36(44,11-38)13-50-34)55-32-27(40)26(39)23(9-48-32)53-33-29(41)35(43,10-37)12-49-33/h3-7,23,26-27,29-30,32-34,37-41,43-44H,8-14H2,1-2H3. The smallest absolute Gasteiger partial charge is 0.339 e. The molecule has 0 saturated carbocycles. The molecule has 19 nitrogen and oxygen atoms in total. The second-order valence-corrected chi connectivity index (χ2v) is 13.8. The Morgan fingerprint density at radius 2 is 1.45 bits per heavy atom. The number of hydrogen-bond donors (Lipinski definition) is 7. The molecule has 8 rings (SSSR count). The summed E-state index contributed by atoms with van der Waals surface area (Å²) in [4.78, 5) is 13.5. The minimum Gasteiger partial charge on any atom is -0.493 e. The molecule has 0 aromatic heterocycles. The van der Waals surface area contributed by atoms with E-state index in [9.17, 15) is 40.5 Å². The van der Waals surface area contributed by atoms with E-state index in [1.165, 1.54) is 14.2 Å². The third-order valence-electron chi connectivity index (χ3n) is 10.5. The zero-order chi connectivity index (χ0) is 38.8. The molecule has 0 radical (unpaired) electrons. The molecule has 10 unspecified atom stereocenters. The summed E-state index contributed by atoms with van der Waals surface area (Å²) in [5.41, 5.74) is -2.52. The number of esters is 1. The van der Waals surface area contributed by atoms with Crippen LogP contribution in [0.25, 0.3) is 21.9 Å². The predicted molar refractivity (Wildman–Crippen MR) is 179 cm³/mol. The van der Waals surface area contributed by atoms with E-state index in [0.717, 1.165) is 0 Å². The fourth-order valence-corrected chi connectivity index (χ4v) is 7.32. The monoisotopic (exact) mass is 776 g/mol. The summed E-state index contributed by atoms with van der Waals surface area (Å²) in [6.07, 6.45) is -12.7. The van der Waals surface area contributed by atoms with E-state index in [1.54, 1.807) is 30.3 Å². The Bertz CT molecular complexity index is 1960. The van der Waals surface area contributed by atoms with Crippen LogP contribution in [0.15, 0.2) is 30.3 Å². The number of fused-ring (bicyclic) bond motifs is 3. The highest BCUT2D eigenvalue weighted by Gasteiger charge is 2.56. The number of rotatable bonds is 11. The van der Waals surface area contributed by atoms with Crippen LogP contribution >= 0.6 is 0 Å². The second kappa shape index (κ2) is 14.4. The topological polar surface area (TPSA) is 260 Å². The number of methoxy groups -OCH3 is 2. The van der Waals surface area contributed by atoms with Crippen LogP contribution in [-0.2, 0) is 35.0 Å². The molecule has 0 amide bonds. The highest BCUT2D eigenvalue weighted by atomic mass is 16.8. The minimum atomic E-state index is -2.11. The number of aliphatic hydroxyl groups is 7. The van der Waals surface area contributed by atoms with Crippen molar-refractivity contribution in [3.05, 3.63) is 41.5 Å². The number of ether oxygens (including phenoxy) is 11. The number of cyclic esters (lactones) is 1. The van der Waals surface area contributed by atoms with E-state index in [0.29, 0.717) is 50.5 Å². The summed E-state index contributed by atoms with van der Waals surface area (Å²) in [6.45, 7) is -3.24. The van der Waals surface area contributed by atoms with Crippen molar-refractivity contribution in [1.82, 2.24) is 0 Å². The largest absolute Gasteiger partial charge is 0.493 e. The summed E-state index contributed by atoms with van der Waals surface area (Å²) < 4.78 is 62.7. The normalized spacial score (nSPS) is 33.9. The lowest BCUT2D eigenvalue weighted by molar-refractivity contribution is -0.324. The van der Waals surface area contributed by atoms with Crippen molar-refractivity contribution >= 4 is 16.7 Å². The maximum atomic E-state index is 13.5. The van der Waals surface area contributed by atoms with E-state index >= 15 is 0 Å². The van der Waals surface area contributed by atoms with Crippen LogP contribution in [0.3, 0.4) is 0 Å². The molecule has 5 aliphatic heterocycles. The molecule has 5 aliphatic rings. The number of benzene rings is 3. The lowest BCUT2D eigenvalue weighted by Gasteiger charge is -2.41. The summed E-state index contributed by atoms with van der Waals surface area (Å²) in [5.74, 6) is 1.12. The van der Waals surface area contributed by atoms with Gasteiger partial charge in [-0.2, -0.15) is 0 Å². The molecule has 5 heterocycles. The molecular formula is C36H40O19. The van der Waals surface area contributed by atoms with Crippen LogP contribution in [0.5, 0.6) is 28.7 Å². The van der Waals surface area contributed by atoms with Gasteiger partial charge >= 0.3 is 5.97 Å². The molecule has 55 heavy (non-hydrogen) atoms. The van der Waals surface area contributed by atoms with Gasteiger partial charge in [-0.15, -0.1) is 0 Å². The first-order valence-electron chi connectivity index (χ1n) is 17.3. The second-order valence-electron chi connectivity index (χ2n) is 13.8. The first kappa shape index (κ1) is 37.8. The van der Waals surface area contributed by atoms with Crippen molar-refractivity contribution in [2.24, 2.45) is 0 Å². The predicted octanol–water partition coefficient (Wildman–Crippen LogP) is -1.33. The Balaban J connectivity index is 1.12. The fourth-order valence-electron chi connectivity index (χ4n) is 7.32. The van der Waals surface area contributed by atoms with Crippen molar-refractivity contribution in [2.75, 3.05) is 54.0 Å². The maximum absolute atomic E-state index is 13.5. The Labute approximate surface area is 311 Å². The zero-order valence-corrected chi connectivity index (χ0v) is 29.5. The number of carbonyl (C=O) groups excluding carboxylic acids is 1. The van der Waals surface area contributed by atoms with Gasteiger partial charge in [0.15, 0.2) is 41.7 Å². The molecule has 3 aromatic rings. The van der Waals surface area contributed by atoms with E-state index in [-0.39, 0.29) is 24.7 Å². The van der Waals surface area contributed by atoms with Crippen molar-refractivity contribution in [3.63, 3.8) is 0 Å². The first-order chi connectivity index (χ1) is 26.4. The summed E-state index contributed by atoms with van der Waals surface area (Å²) in [6, 6.07) is 8.55. The van der Waals surface area contributed by atoms with Gasteiger partial charge in [0.1, 0.15) is 48.0 Å². The van der Waals surface area contributed by atoms with E-state index in [2.05, 4.69) is 0 Å². The van der Waals surface area contributed by atoms with E-state index < -0.39 is 99.6 Å². The van der Waals surface area contributed by atoms with Gasteiger partial charge in [0, 0.05) is 16.5 Å². The van der Waals surface area contributed by atoms with Crippen LogP contribution in [0.1, 0.15) is 15.9 Å². The van der Waals surface area contributed by atoms with Crippen LogP contribution in [0.4, 0.5) is 0 Å². The third kappa shape index (κ3) is 6.29. The summed E-state index contributed by atoms with van der Waals surface area (Å²) in [5, 5.41) is 74.8. The molecule has 298 valence electrons. The quantitative estimate of drug-likeness (QED) is 0.111. The van der Waals surface area contributed by atoms with E-state index in [4.69, 9.17) is 52.1 Å². The molecule has 7 N–H and O–H groups in total. The number of hydrogen-bond acceptors (Lipinski definition) is 19. The van der Waals surface area contributed by atoms with Gasteiger partial charge < -0.3 is 87.9 Å². The van der Waals surface area contributed by atoms with Gasteiger partial charge in [-0.05, 0) is 35.2 Å². The van der Waals surface area contributed by atoms with Crippen LogP contribution < -0.4 is 23.7 Å². The highest BCUT2D eigenvalue weighted by molar-refractivity contribution is 6.14. The van der Waals surface area contributed by atoms with Crippen LogP contribution in [-0.4, -0.2) is 156 Å². The van der Waals surface area contributed by atoms with Crippen molar-refractivity contribution in [2.45, 2.75) is 67.2 Å². The lowest BCUT2D eigenvalue weighted by Crippen LogP contribution is -2.60. The maximum Gasteiger partial charge on any atom is 0.339 e. The van der Waals surface area contributed by atoms with Gasteiger partial charge in [-0.1, -0.05) is 6.07 Å². The average Bonchev–Trinajstić information content (AvgIpc) is 3.97. The molecule has 0 bridgehead atoms. The average molecular weight is 777 g/mol. The van der Waals surface area contributed by atoms with Crippen molar-refractivity contribution in [3.8, 4) is 39.9 Å². The molecule has 10 atom stereocenters. The zero-order valence-electron chi connectivity index (χ0n) is 29.5. The van der Waals surface area contributed by atoms with Gasteiger partial charge in [-0.3, -0.25) is 0 Å². The molecule has 3 saturated heterocycles. The summed E-state index contributed by atoms with van der Waals surface area (Å²) in [7, 11) is 2.91. The van der Waals surface area contributed by atoms with Crippen LogP contribution in [0, 0.1) is 0 Å². The SMILES string of the molecule is COc1cc2c(OC3OCC(O)(CO)C3OC3OCC(OC4OCC(O)(CO)C4O)C(O)C3O)c3c(c(-c4ccc5c(c4)OCO5)c2cc1OC)C(=O)OC3. The van der Waals surface area contributed by atoms with Gasteiger partial charge in [-0.25, -0.2) is 4.79 Å². The first-order valence-corrected chi connectivity index (χ1v) is 17.3. The summed E-state index contributed by atoms with van der Waals surface area (Å²) >= 11 is 0. The molecule has 19 heteroatoms.